The highest BCUT2D eigenvalue weighted by Gasteiger charge is 2.19. The number of amides is 1. The third-order valence-electron chi connectivity index (χ3n) is 5.58. The van der Waals surface area contributed by atoms with E-state index in [4.69, 9.17) is 20.9 Å². The van der Waals surface area contributed by atoms with Gasteiger partial charge in [-0.15, -0.1) is 0 Å². The molecule has 0 aliphatic heterocycles. The van der Waals surface area contributed by atoms with Crippen molar-refractivity contribution in [3.8, 4) is 28.6 Å². The maximum atomic E-state index is 13.3. The van der Waals surface area contributed by atoms with Crippen LogP contribution in [0.1, 0.15) is 12.6 Å². The molecule has 0 saturated heterocycles. The molecule has 3 heterocycles. The molecule has 1 N–H and O–H groups in total. The van der Waals surface area contributed by atoms with E-state index >= 15 is 0 Å². The number of aromatic nitrogens is 4. The predicted octanol–water partition coefficient (Wildman–Crippen LogP) is 5.11. The average molecular weight is 516 g/mol. The van der Waals surface area contributed by atoms with Gasteiger partial charge in [0.25, 0.3) is 5.89 Å². The van der Waals surface area contributed by atoms with Gasteiger partial charge < -0.3 is 19.1 Å². The second kappa shape index (κ2) is 10.2. The summed E-state index contributed by atoms with van der Waals surface area (Å²) in [6.07, 6.45) is 1.52. The Morgan fingerprint density at radius 2 is 1.81 bits per heavy atom. The van der Waals surface area contributed by atoms with Crippen LogP contribution in [0.4, 0.5) is 5.69 Å². The summed E-state index contributed by atoms with van der Waals surface area (Å²) in [4.78, 5) is 35.2. The van der Waals surface area contributed by atoms with E-state index in [2.05, 4.69) is 20.4 Å². The summed E-state index contributed by atoms with van der Waals surface area (Å²) in [7, 11) is 0. The number of nitrogens with zero attached hydrogens (tertiary/aromatic N) is 4. The van der Waals surface area contributed by atoms with Crippen molar-refractivity contribution in [2.45, 2.75) is 20.4 Å². The molecule has 0 spiro atoms. The van der Waals surface area contributed by atoms with E-state index in [1.165, 1.54) is 6.20 Å². The number of aryl methyl sites for hydroxylation is 1. The Kier molecular flexibility index (Phi) is 6.70. The predicted molar refractivity (Wildman–Crippen MR) is 141 cm³/mol. The molecule has 186 valence electrons. The lowest BCUT2D eigenvalue weighted by Crippen LogP contribution is -2.22. The molecule has 2 aromatic carbocycles. The van der Waals surface area contributed by atoms with Crippen molar-refractivity contribution >= 4 is 34.2 Å². The largest absolute Gasteiger partial charge is 0.494 e. The number of carbonyl (C=O) groups is 1. The molecule has 0 aliphatic carbocycles. The second-order valence-corrected chi connectivity index (χ2v) is 8.70. The molecule has 5 rings (SSSR count). The molecule has 9 nitrogen and oxygen atoms in total. The molecule has 0 unspecified atom stereocenters. The van der Waals surface area contributed by atoms with E-state index in [1.807, 2.05) is 13.8 Å². The van der Waals surface area contributed by atoms with Gasteiger partial charge in [0.15, 0.2) is 0 Å². The lowest BCUT2D eigenvalue weighted by Gasteiger charge is -2.13. The fraction of sp³-hybridized carbons (Fsp3) is 0.148. The number of ether oxygens (including phenoxy) is 1. The van der Waals surface area contributed by atoms with E-state index in [0.717, 1.165) is 0 Å². The van der Waals surface area contributed by atoms with Crippen LogP contribution in [0, 0.1) is 6.92 Å². The summed E-state index contributed by atoms with van der Waals surface area (Å²) in [6.45, 7) is 4.19. The Bertz CT molecular complexity index is 1640. The van der Waals surface area contributed by atoms with Crippen molar-refractivity contribution in [1.82, 2.24) is 19.7 Å². The highest BCUT2D eigenvalue weighted by Crippen LogP contribution is 2.24. The SMILES string of the molecule is CCOc1ccc(NC(=O)Cn2cc(-c3nc(-c4ccc(Cl)cc4)no3)c(=O)c3ccc(C)nc32)cc1. The van der Waals surface area contributed by atoms with Gasteiger partial charge in [0.1, 0.15) is 23.5 Å². The summed E-state index contributed by atoms with van der Waals surface area (Å²) >= 11 is 5.96. The molecule has 0 radical (unpaired) electrons. The van der Waals surface area contributed by atoms with Crippen LogP contribution in [0.2, 0.25) is 5.02 Å². The zero-order valence-corrected chi connectivity index (χ0v) is 20.8. The Balaban J connectivity index is 1.49. The number of anilines is 1. The number of halogens is 1. The number of hydrogen-bond acceptors (Lipinski definition) is 7. The molecular formula is C27H22ClN5O4. The maximum absolute atomic E-state index is 13.3. The monoisotopic (exact) mass is 515 g/mol. The van der Waals surface area contributed by atoms with Crippen molar-refractivity contribution in [2.24, 2.45) is 0 Å². The number of nitrogens with one attached hydrogen (secondary N) is 1. The normalized spacial score (nSPS) is 11.0. The van der Waals surface area contributed by atoms with Gasteiger partial charge in [-0.2, -0.15) is 4.98 Å². The van der Waals surface area contributed by atoms with E-state index in [-0.39, 0.29) is 29.3 Å². The van der Waals surface area contributed by atoms with Crippen molar-refractivity contribution in [3.05, 3.63) is 87.8 Å². The number of benzene rings is 2. The third kappa shape index (κ3) is 5.22. The van der Waals surface area contributed by atoms with Crippen molar-refractivity contribution in [2.75, 3.05) is 11.9 Å². The van der Waals surface area contributed by atoms with Gasteiger partial charge in [-0.1, -0.05) is 16.8 Å². The lowest BCUT2D eigenvalue weighted by molar-refractivity contribution is -0.116. The Labute approximate surface area is 216 Å². The number of carbonyl (C=O) groups excluding carboxylic acids is 1. The molecular weight excluding hydrogens is 494 g/mol. The summed E-state index contributed by atoms with van der Waals surface area (Å²) in [5, 5.41) is 7.79. The fourth-order valence-corrected chi connectivity index (χ4v) is 3.96. The molecule has 0 fully saturated rings. The van der Waals surface area contributed by atoms with Gasteiger partial charge in [0.2, 0.25) is 17.2 Å². The first-order valence-corrected chi connectivity index (χ1v) is 11.9. The molecule has 3 aromatic heterocycles. The zero-order valence-electron chi connectivity index (χ0n) is 20.1. The Morgan fingerprint density at radius 1 is 1.05 bits per heavy atom. The van der Waals surface area contributed by atoms with Crippen molar-refractivity contribution in [1.29, 1.82) is 0 Å². The van der Waals surface area contributed by atoms with Crippen LogP contribution < -0.4 is 15.5 Å². The van der Waals surface area contributed by atoms with Crippen LogP contribution in [-0.2, 0) is 11.3 Å². The number of hydrogen-bond donors (Lipinski definition) is 1. The molecule has 10 heteroatoms. The number of rotatable bonds is 7. The van der Waals surface area contributed by atoms with E-state index in [0.29, 0.717) is 51.2 Å². The van der Waals surface area contributed by atoms with Gasteiger partial charge in [-0.05, 0) is 74.5 Å². The van der Waals surface area contributed by atoms with Gasteiger partial charge in [0.05, 0.1) is 12.0 Å². The third-order valence-corrected chi connectivity index (χ3v) is 5.83. The second-order valence-electron chi connectivity index (χ2n) is 8.26. The Morgan fingerprint density at radius 3 is 2.54 bits per heavy atom. The van der Waals surface area contributed by atoms with Crippen LogP contribution in [0.15, 0.2) is 76.2 Å². The van der Waals surface area contributed by atoms with Crippen LogP contribution >= 0.6 is 11.6 Å². The minimum atomic E-state index is -0.322. The highest BCUT2D eigenvalue weighted by atomic mass is 35.5. The van der Waals surface area contributed by atoms with Gasteiger partial charge >= 0.3 is 0 Å². The first kappa shape index (κ1) is 24.2. The highest BCUT2D eigenvalue weighted by molar-refractivity contribution is 6.30. The van der Waals surface area contributed by atoms with E-state index in [9.17, 15) is 9.59 Å². The van der Waals surface area contributed by atoms with Crippen molar-refractivity contribution in [3.63, 3.8) is 0 Å². The van der Waals surface area contributed by atoms with Crippen molar-refractivity contribution < 1.29 is 14.1 Å². The molecule has 0 saturated carbocycles. The van der Waals surface area contributed by atoms with Gasteiger partial charge in [-0.25, -0.2) is 4.98 Å². The quantitative estimate of drug-likeness (QED) is 0.320. The standard InChI is InChI=1S/C27H22ClN5O4/c1-3-36-20-11-9-19(10-12-20)30-23(34)15-33-14-22(24(35)21-13-4-16(2)29-26(21)33)27-31-25(32-37-27)17-5-7-18(28)8-6-17/h4-14H,3,15H2,1-2H3,(H,30,34). The van der Waals surface area contributed by atoms with Crippen LogP contribution in [-0.4, -0.2) is 32.2 Å². The average Bonchev–Trinajstić information content (AvgIpc) is 3.37. The van der Waals surface area contributed by atoms with Gasteiger partial charge in [0, 0.05) is 28.2 Å². The summed E-state index contributed by atoms with van der Waals surface area (Å²) in [5.41, 5.74) is 2.24. The minimum Gasteiger partial charge on any atom is -0.494 e. The molecule has 0 aliphatic rings. The zero-order chi connectivity index (χ0) is 25.9. The Hall–Kier alpha value is -4.50. The van der Waals surface area contributed by atoms with Crippen LogP contribution in [0.25, 0.3) is 33.9 Å². The van der Waals surface area contributed by atoms with E-state index in [1.54, 1.807) is 65.2 Å². The van der Waals surface area contributed by atoms with Gasteiger partial charge in [-0.3, -0.25) is 9.59 Å². The lowest BCUT2D eigenvalue weighted by atomic mass is 10.1. The number of fused-ring (bicyclic) bond motifs is 1. The van der Waals surface area contributed by atoms with E-state index < -0.39 is 0 Å². The van der Waals surface area contributed by atoms with Crippen LogP contribution in [0.5, 0.6) is 5.75 Å². The first-order valence-electron chi connectivity index (χ1n) is 11.5. The fourth-order valence-electron chi connectivity index (χ4n) is 3.84. The summed E-state index contributed by atoms with van der Waals surface area (Å²) in [5.74, 6) is 0.774. The molecule has 37 heavy (non-hydrogen) atoms. The van der Waals surface area contributed by atoms with Crippen LogP contribution in [0.3, 0.4) is 0 Å². The molecule has 0 atom stereocenters. The first-order chi connectivity index (χ1) is 17.9. The molecule has 5 aromatic rings. The summed E-state index contributed by atoms with van der Waals surface area (Å²) in [6, 6.07) is 17.5. The topological polar surface area (TPSA) is 112 Å². The smallest absolute Gasteiger partial charge is 0.263 e. The maximum Gasteiger partial charge on any atom is 0.263 e. The summed E-state index contributed by atoms with van der Waals surface area (Å²) < 4.78 is 12.5. The number of pyridine rings is 2. The minimum absolute atomic E-state index is 0.0399. The molecule has 0 bridgehead atoms. The molecule has 1 amide bonds.